The van der Waals surface area contributed by atoms with Crippen LogP contribution in [-0.4, -0.2) is 52.1 Å². The van der Waals surface area contributed by atoms with Crippen molar-refractivity contribution in [1.29, 1.82) is 0 Å². The zero-order valence-corrected chi connectivity index (χ0v) is 18.7. The number of anilines is 2. The molecular formula is C18H15F4N3O8S2. The minimum atomic E-state index is -6.00. The van der Waals surface area contributed by atoms with Gasteiger partial charge >= 0.3 is 21.6 Å². The average Bonchev–Trinajstić information content (AvgIpc) is 2.72. The van der Waals surface area contributed by atoms with Crippen molar-refractivity contribution in [2.24, 2.45) is 0 Å². The second kappa shape index (κ2) is 9.21. The number of amides is 2. The number of nitrogens with one attached hydrogen (secondary N) is 2. The molecule has 0 aromatic heterocycles. The van der Waals surface area contributed by atoms with Crippen LogP contribution in [-0.2, 0) is 24.8 Å². The number of carbonyl (C=O) groups is 2. The Morgan fingerprint density at radius 2 is 1.71 bits per heavy atom. The second-order valence-electron chi connectivity index (χ2n) is 7.02. The lowest BCUT2D eigenvalue weighted by atomic mass is 10.1. The summed E-state index contributed by atoms with van der Waals surface area (Å²) in [4.78, 5) is 22.5. The molecule has 190 valence electrons. The normalized spacial score (nSPS) is 16.1. The first-order valence-corrected chi connectivity index (χ1v) is 12.2. The maximum Gasteiger partial charge on any atom is 0.516 e. The third-order valence-electron chi connectivity index (χ3n) is 4.51. The van der Waals surface area contributed by atoms with E-state index in [-0.39, 0.29) is 17.1 Å². The number of halogens is 4. The minimum absolute atomic E-state index is 0.0633. The van der Waals surface area contributed by atoms with Crippen molar-refractivity contribution in [3.8, 4) is 5.75 Å². The number of carboxylic acid groups (broad SMARTS) is 1. The first kappa shape index (κ1) is 26.0. The summed E-state index contributed by atoms with van der Waals surface area (Å²) in [6.45, 7) is -0.678. The van der Waals surface area contributed by atoms with E-state index < -0.39 is 67.3 Å². The number of benzene rings is 2. The van der Waals surface area contributed by atoms with Crippen LogP contribution in [0.5, 0.6) is 5.75 Å². The number of fused-ring (bicyclic) bond motifs is 1. The molecule has 35 heavy (non-hydrogen) atoms. The summed E-state index contributed by atoms with van der Waals surface area (Å²) in [6.07, 6.45) is -3.89. The van der Waals surface area contributed by atoms with Crippen molar-refractivity contribution < 1.29 is 53.8 Å². The van der Waals surface area contributed by atoms with E-state index in [0.717, 1.165) is 41.1 Å². The van der Waals surface area contributed by atoms with Crippen molar-refractivity contribution in [3.05, 3.63) is 48.3 Å². The number of nitrogens with zero attached hydrogens (tertiary/aromatic N) is 1. The summed E-state index contributed by atoms with van der Waals surface area (Å²) in [5, 5.41) is 10.9. The number of alkyl halides is 3. The number of sulfonamides is 2. The van der Waals surface area contributed by atoms with Gasteiger partial charge in [0.05, 0.1) is 23.5 Å². The van der Waals surface area contributed by atoms with Crippen LogP contribution in [0.3, 0.4) is 0 Å². The van der Waals surface area contributed by atoms with Crippen molar-refractivity contribution in [3.63, 3.8) is 0 Å². The average molecular weight is 541 g/mol. The van der Waals surface area contributed by atoms with Gasteiger partial charge in [-0.2, -0.15) is 21.6 Å². The standard InChI is InChI=1S/C18H15F4N3O8S2/c19-10-1-4-13(5-2-10)34(29,30)25-9-12(8-16(26)24-35(31,32)18(20,21)22)33-15-6-3-11(7-14(15)25)23-17(27)28/h1-7,12,23H,8-9H2,(H,24,26)(H,27,28). The molecule has 1 unspecified atom stereocenters. The summed E-state index contributed by atoms with van der Waals surface area (Å²) in [5.41, 5.74) is -6.01. The SMILES string of the molecule is O=C(O)Nc1ccc2c(c1)N(S(=O)(=O)c1ccc(F)cc1)CC(CC(=O)NS(=O)(=O)C(F)(F)F)O2. The Labute approximate surface area is 195 Å². The zero-order valence-electron chi connectivity index (χ0n) is 17.1. The van der Waals surface area contributed by atoms with Gasteiger partial charge in [0.2, 0.25) is 5.91 Å². The molecular weight excluding hydrogens is 526 g/mol. The van der Waals surface area contributed by atoms with E-state index >= 15 is 0 Å². The third kappa shape index (κ3) is 5.73. The highest BCUT2D eigenvalue weighted by Gasteiger charge is 2.47. The largest absolute Gasteiger partial charge is 0.516 e. The minimum Gasteiger partial charge on any atom is -0.486 e. The van der Waals surface area contributed by atoms with Gasteiger partial charge in [0, 0.05) is 5.69 Å². The van der Waals surface area contributed by atoms with E-state index in [0.29, 0.717) is 4.31 Å². The van der Waals surface area contributed by atoms with Crippen molar-refractivity contribution in [2.75, 3.05) is 16.2 Å². The smallest absolute Gasteiger partial charge is 0.486 e. The first-order chi connectivity index (χ1) is 16.1. The monoisotopic (exact) mass is 541 g/mol. The summed E-state index contributed by atoms with van der Waals surface area (Å²) < 4.78 is 107. The third-order valence-corrected chi connectivity index (χ3v) is 7.41. The van der Waals surface area contributed by atoms with E-state index in [4.69, 9.17) is 9.84 Å². The van der Waals surface area contributed by atoms with Crippen molar-refractivity contribution >= 4 is 43.4 Å². The summed E-state index contributed by atoms with van der Waals surface area (Å²) in [5.74, 6) is -2.55. The van der Waals surface area contributed by atoms with Crippen LogP contribution >= 0.6 is 0 Å². The van der Waals surface area contributed by atoms with E-state index in [1.54, 1.807) is 0 Å². The fourth-order valence-electron chi connectivity index (χ4n) is 3.04. The van der Waals surface area contributed by atoms with E-state index in [1.807, 2.05) is 5.32 Å². The van der Waals surface area contributed by atoms with E-state index in [1.165, 1.54) is 6.07 Å². The van der Waals surface area contributed by atoms with Crippen LogP contribution in [0.15, 0.2) is 47.4 Å². The predicted octanol–water partition coefficient (Wildman–Crippen LogP) is 2.23. The van der Waals surface area contributed by atoms with Gasteiger partial charge in [-0.3, -0.25) is 14.4 Å². The summed E-state index contributed by atoms with van der Waals surface area (Å²) in [6, 6.07) is 7.03. The van der Waals surface area contributed by atoms with Gasteiger partial charge < -0.3 is 9.84 Å². The molecule has 1 atom stereocenters. The van der Waals surface area contributed by atoms with Crippen LogP contribution in [0.25, 0.3) is 0 Å². The van der Waals surface area contributed by atoms with Gasteiger partial charge in [-0.1, -0.05) is 0 Å². The molecule has 0 saturated carbocycles. The fraction of sp³-hybridized carbons (Fsp3) is 0.222. The maximum absolute atomic E-state index is 13.3. The molecule has 11 nitrogen and oxygen atoms in total. The maximum atomic E-state index is 13.3. The molecule has 17 heteroatoms. The Morgan fingerprint density at radius 3 is 2.29 bits per heavy atom. The number of hydrogen-bond acceptors (Lipinski definition) is 7. The highest BCUT2D eigenvalue weighted by atomic mass is 32.2. The van der Waals surface area contributed by atoms with Crippen LogP contribution in [0.2, 0.25) is 0 Å². The molecule has 0 aliphatic carbocycles. The molecule has 2 amide bonds. The highest BCUT2D eigenvalue weighted by molar-refractivity contribution is 7.92. The Bertz CT molecular complexity index is 1360. The fourth-order valence-corrected chi connectivity index (χ4v) is 5.03. The molecule has 2 aromatic rings. The van der Waals surface area contributed by atoms with E-state index in [9.17, 15) is 44.0 Å². The molecule has 0 spiro atoms. The molecule has 3 rings (SSSR count). The summed E-state index contributed by atoms with van der Waals surface area (Å²) >= 11 is 0. The molecule has 0 bridgehead atoms. The Kier molecular flexibility index (Phi) is 6.85. The summed E-state index contributed by atoms with van der Waals surface area (Å²) in [7, 11) is -10.5. The molecule has 1 aliphatic heterocycles. The molecule has 0 fully saturated rings. The number of ether oxygens (including phenoxy) is 1. The van der Waals surface area contributed by atoms with Gasteiger partial charge in [-0.05, 0) is 42.5 Å². The number of carbonyl (C=O) groups excluding carboxylic acids is 1. The van der Waals surface area contributed by atoms with Crippen LogP contribution in [0.4, 0.5) is 33.7 Å². The van der Waals surface area contributed by atoms with Gasteiger partial charge in [0.1, 0.15) is 17.7 Å². The molecule has 0 saturated heterocycles. The van der Waals surface area contributed by atoms with Gasteiger partial charge in [0.25, 0.3) is 10.0 Å². The molecule has 3 N–H and O–H groups in total. The van der Waals surface area contributed by atoms with Crippen molar-refractivity contribution in [1.82, 2.24) is 4.72 Å². The number of hydrogen-bond donors (Lipinski definition) is 3. The molecule has 2 aromatic carbocycles. The van der Waals surface area contributed by atoms with Gasteiger partial charge in [-0.15, -0.1) is 0 Å². The van der Waals surface area contributed by atoms with Crippen LogP contribution in [0.1, 0.15) is 6.42 Å². The quantitative estimate of drug-likeness (QED) is 0.470. The van der Waals surface area contributed by atoms with E-state index in [2.05, 4.69) is 0 Å². The number of rotatable bonds is 6. The van der Waals surface area contributed by atoms with Crippen molar-refractivity contribution in [2.45, 2.75) is 22.9 Å². The molecule has 1 aliphatic rings. The lowest BCUT2D eigenvalue weighted by Gasteiger charge is -2.35. The lowest BCUT2D eigenvalue weighted by Crippen LogP contribution is -2.47. The lowest BCUT2D eigenvalue weighted by molar-refractivity contribution is -0.121. The molecule has 0 radical (unpaired) electrons. The van der Waals surface area contributed by atoms with Gasteiger partial charge in [0.15, 0.2) is 0 Å². The Balaban J connectivity index is 1.97. The predicted molar refractivity (Wildman–Crippen MR) is 111 cm³/mol. The molecule has 1 heterocycles. The van der Waals surface area contributed by atoms with Crippen LogP contribution in [0, 0.1) is 5.82 Å². The first-order valence-electron chi connectivity index (χ1n) is 9.31. The zero-order chi connectivity index (χ0) is 26.2. The van der Waals surface area contributed by atoms with Gasteiger partial charge in [-0.25, -0.2) is 22.3 Å². The van der Waals surface area contributed by atoms with Crippen LogP contribution < -0.4 is 19.1 Å². The second-order valence-corrected chi connectivity index (χ2v) is 10.6. The topological polar surface area (TPSA) is 159 Å². The Morgan fingerprint density at radius 1 is 1.09 bits per heavy atom. The Hall–Kier alpha value is -3.60. The highest BCUT2D eigenvalue weighted by Crippen LogP contribution is 2.39.